The molecule has 1 aliphatic heterocycles. The highest BCUT2D eigenvalue weighted by Crippen LogP contribution is 2.37. The van der Waals surface area contributed by atoms with Gasteiger partial charge in [-0.3, -0.25) is 4.79 Å². The smallest absolute Gasteiger partial charge is 0.258 e. The van der Waals surface area contributed by atoms with Gasteiger partial charge >= 0.3 is 0 Å². The molecular formula is C15H11ClFNOS. The summed E-state index contributed by atoms with van der Waals surface area (Å²) in [5, 5.41) is 0.600. The zero-order chi connectivity index (χ0) is 14.1. The van der Waals surface area contributed by atoms with Crippen molar-refractivity contribution in [1.29, 1.82) is 0 Å². The maximum Gasteiger partial charge on any atom is 0.258 e. The van der Waals surface area contributed by atoms with E-state index in [0.29, 0.717) is 17.1 Å². The third kappa shape index (κ3) is 2.53. The van der Waals surface area contributed by atoms with Crippen LogP contribution in [0.1, 0.15) is 10.4 Å². The number of amides is 1. The molecule has 0 bridgehead atoms. The summed E-state index contributed by atoms with van der Waals surface area (Å²) in [7, 11) is 0. The van der Waals surface area contributed by atoms with E-state index in [0.717, 1.165) is 16.3 Å². The number of carbonyl (C=O) groups excluding carboxylic acids is 1. The molecule has 1 amide bonds. The topological polar surface area (TPSA) is 20.3 Å². The van der Waals surface area contributed by atoms with E-state index < -0.39 is 0 Å². The van der Waals surface area contributed by atoms with Crippen molar-refractivity contribution >= 4 is 35.0 Å². The van der Waals surface area contributed by atoms with Gasteiger partial charge in [0, 0.05) is 27.8 Å². The molecule has 0 radical (unpaired) electrons. The van der Waals surface area contributed by atoms with E-state index in [9.17, 15) is 9.18 Å². The van der Waals surface area contributed by atoms with Crippen LogP contribution in [-0.4, -0.2) is 18.2 Å². The van der Waals surface area contributed by atoms with Crippen LogP contribution in [0.25, 0.3) is 0 Å². The Morgan fingerprint density at radius 1 is 1.20 bits per heavy atom. The van der Waals surface area contributed by atoms with Gasteiger partial charge in [0.2, 0.25) is 0 Å². The molecule has 3 rings (SSSR count). The lowest BCUT2D eigenvalue weighted by atomic mass is 10.1. The largest absolute Gasteiger partial charge is 0.306 e. The van der Waals surface area contributed by atoms with Crippen LogP contribution in [0.4, 0.5) is 10.1 Å². The third-order valence-electron chi connectivity index (χ3n) is 3.12. The van der Waals surface area contributed by atoms with E-state index in [1.165, 1.54) is 24.3 Å². The first-order valence-electron chi connectivity index (χ1n) is 6.15. The van der Waals surface area contributed by atoms with Gasteiger partial charge in [0.1, 0.15) is 5.82 Å². The first kappa shape index (κ1) is 13.5. The average Bonchev–Trinajstić information content (AvgIpc) is 2.46. The van der Waals surface area contributed by atoms with E-state index in [1.807, 2.05) is 12.1 Å². The second kappa shape index (κ2) is 5.46. The summed E-state index contributed by atoms with van der Waals surface area (Å²) in [6, 6.07) is 11.1. The van der Waals surface area contributed by atoms with Gasteiger partial charge in [0.05, 0.1) is 5.69 Å². The molecule has 0 saturated carbocycles. The first-order chi connectivity index (χ1) is 9.65. The molecule has 0 saturated heterocycles. The number of benzene rings is 2. The second-order valence-electron chi connectivity index (χ2n) is 4.42. The molecule has 0 aromatic heterocycles. The lowest BCUT2D eigenvalue weighted by Crippen LogP contribution is -2.35. The standard InChI is InChI=1S/C15H11ClFNOS/c16-11-3-6-14-13(9-11)18(7-8-20-14)15(19)10-1-4-12(17)5-2-10/h1-6,9H,7-8H2. The van der Waals surface area contributed by atoms with Crippen LogP contribution in [0.5, 0.6) is 0 Å². The molecule has 1 aliphatic rings. The van der Waals surface area contributed by atoms with E-state index in [2.05, 4.69) is 0 Å². The molecule has 2 aromatic rings. The minimum atomic E-state index is -0.348. The molecule has 0 N–H and O–H groups in total. The highest BCUT2D eigenvalue weighted by molar-refractivity contribution is 7.99. The summed E-state index contributed by atoms with van der Waals surface area (Å²) in [5.74, 6) is 0.356. The Morgan fingerprint density at radius 2 is 1.95 bits per heavy atom. The fraction of sp³-hybridized carbons (Fsp3) is 0.133. The summed E-state index contributed by atoms with van der Waals surface area (Å²) in [5.41, 5.74) is 1.30. The predicted molar refractivity (Wildman–Crippen MR) is 80.3 cm³/mol. The number of halogens is 2. The van der Waals surface area contributed by atoms with E-state index >= 15 is 0 Å². The van der Waals surface area contributed by atoms with Crippen molar-refractivity contribution in [2.45, 2.75) is 4.90 Å². The van der Waals surface area contributed by atoms with Crippen molar-refractivity contribution in [3.63, 3.8) is 0 Å². The fourth-order valence-corrected chi connectivity index (χ4v) is 3.29. The number of hydrogen-bond acceptors (Lipinski definition) is 2. The number of rotatable bonds is 1. The van der Waals surface area contributed by atoms with Crippen molar-refractivity contribution in [3.05, 3.63) is 58.9 Å². The maximum atomic E-state index is 12.9. The fourth-order valence-electron chi connectivity index (χ4n) is 2.15. The minimum absolute atomic E-state index is 0.131. The Kier molecular flexibility index (Phi) is 3.68. The Balaban J connectivity index is 1.97. The van der Waals surface area contributed by atoms with Gasteiger partial charge in [-0.15, -0.1) is 11.8 Å². The van der Waals surface area contributed by atoms with Crippen LogP contribution in [0.2, 0.25) is 5.02 Å². The van der Waals surface area contributed by atoms with Crippen molar-refractivity contribution < 1.29 is 9.18 Å². The third-order valence-corrected chi connectivity index (χ3v) is 4.40. The quantitative estimate of drug-likeness (QED) is 0.785. The highest BCUT2D eigenvalue weighted by Gasteiger charge is 2.24. The summed E-state index contributed by atoms with van der Waals surface area (Å²) in [6.07, 6.45) is 0. The normalized spacial score (nSPS) is 14.0. The molecule has 0 fully saturated rings. The van der Waals surface area contributed by atoms with E-state index in [4.69, 9.17) is 11.6 Å². The van der Waals surface area contributed by atoms with Gasteiger partial charge in [0.15, 0.2) is 0 Å². The summed E-state index contributed by atoms with van der Waals surface area (Å²) in [6.45, 7) is 0.619. The number of thioether (sulfide) groups is 1. The number of anilines is 1. The van der Waals surface area contributed by atoms with Crippen LogP contribution in [0.15, 0.2) is 47.4 Å². The van der Waals surface area contributed by atoms with Crippen molar-refractivity contribution in [2.24, 2.45) is 0 Å². The van der Waals surface area contributed by atoms with E-state index in [-0.39, 0.29) is 11.7 Å². The molecule has 0 atom stereocenters. The van der Waals surface area contributed by atoms with Gasteiger partial charge in [-0.25, -0.2) is 4.39 Å². The molecule has 0 aliphatic carbocycles. The Hall–Kier alpha value is -1.52. The molecule has 2 nitrogen and oxygen atoms in total. The molecule has 0 spiro atoms. The summed E-state index contributed by atoms with van der Waals surface area (Å²) in [4.78, 5) is 15.3. The minimum Gasteiger partial charge on any atom is -0.306 e. The van der Waals surface area contributed by atoms with E-state index in [1.54, 1.807) is 22.7 Å². The number of carbonyl (C=O) groups is 1. The molecule has 1 heterocycles. The lowest BCUT2D eigenvalue weighted by Gasteiger charge is -2.29. The Morgan fingerprint density at radius 3 is 2.70 bits per heavy atom. The molecule has 5 heteroatoms. The van der Waals surface area contributed by atoms with Gasteiger partial charge in [0.25, 0.3) is 5.91 Å². The second-order valence-corrected chi connectivity index (χ2v) is 6.00. The number of nitrogens with zero attached hydrogens (tertiary/aromatic N) is 1. The van der Waals surface area contributed by atoms with Crippen LogP contribution in [-0.2, 0) is 0 Å². The van der Waals surface area contributed by atoms with Gasteiger partial charge in [-0.05, 0) is 42.5 Å². The van der Waals surface area contributed by atoms with Gasteiger partial charge < -0.3 is 4.90 Å². The lowest BCUT2D eigenvalue weighted by molar-refractivity contribution is 0.0987. The summed E-state index contributed by atoms with van der Waals surface area (Å²) >= 11 is 7.72. The molecule has 0 unspecified atom stereocenters. The highest BCUT2D eigenvalue weighted by atomic mass is 35.5. The van der Waals surface area contributed by atoms with Gasteiger partial charge in [-0.2, -0.15) is 0 Å². The zero-order valence-electron chi connectivity index (χ0n) is 10.5. The van der Waals surface area contributed by atoms with Crippen molar-refractivity contribution in [2.75, 3.05) is 17.2 Å². The summed E-state index contributed by atoms with van der Waals surface area (Å²) < 4.78 is 12.9. The Bertz CT molecular complexity index is 659. The van der Waals surface area contributed by atoms with Crippen molar-refractivity contribution in [1.82, 2.24) is 0 Å². The van der Waals surface area contributed by atoms with Crippen LogP contribution >= 0.6 is 23.4 Å². The number of hydrogen-bond donors (Lipinski definition) is 0. The van der Waals surface area contributed by atoms with Gasteiger partial charge in [-0.1, -0.05) is 11.6 Å². The number of fused-ring (bicyclic) bond motifs is 1. The van der Waals surface area contributed by atoms with Crippen LogP contribution in [0.3, 0.4) is 0 Å². The average molecular weight is 308 g/mol. The molecule has 2 aromatic carbocycles. The SMILES string of the molecule is O=C(c1ccc(F)cc1)N1CCSc2ccc(Cl)cc21. The Labute approximate surface area is 125 Å². The molecule has 102 valence electrons. The molecular weight excluding hydrogens is 297 g/mol. The van der Waals surface area contributed by atoms with Crippen LogP contribution in [0, 0.1) is 5.82 Å². The monoisotopic (exact) mass is 307 g/mol. The molecule has 20 heavy (non-hydrogen) atoms. The van der Waals surface area contributed by atoms with Crippen LogP contribution < -0.4 is 4.90 Å². The first-order valence-corrected chi connectivity index (χ1v) is 7.51. The zero-order valence-corrected chi connectivity index (χ0v) is 12.0. The maximum absolute atomic E-state index is 12.9. The van der Waals surface area contributed by atoms with Crippen molar-refractivity contribution in [3.8, 4) is 0 Å². The predicted octanol–water partition coefficient (Wildman–Crippen LogP) is 4.23.